The fourth-order valence-corrected chi connectivity index (χ4v) is 2.82. The maximum absolute atomic E-state index is 12.8. The quantitative estimate of drug-likeness (QED) is 0.769. The third-order valence-corrected chi connectivity index (χ3v) is 4.20. The van der Waals surface area contributed by atoms with Crippen molar-refractivity contribution in [2.45, 2.75) is 25.5 Å². The second kappa shape index (κ2) is 8.78. The molecule has 0 amide bonds. The largest absolute Gasteiger partial charge is 0.491 e. The number of nitrogens with one attached hydrogen (secondary N) is 1. The Bertz CT molecular complexity index is 643. The molecule has 1 aromatic heterocycles. The second-order valence-corrected chi connectivity index (χ2v) is 6.27. The van der Waals surface area contributed by atoms with Crippen molar-refractivity contribution in [2.75, 3.05) is 31.1 Å². The molecule has 0 aliphatic carbocycles. The molecule has 3 rings (SSSR count). The van der Waals surface area contributed by atoms with Crippen molar-refractivity contribution < 1.29 is 14.2 Å². The number of pyridine rings is 1. The van der Waals surface area contributed by atoms with E-state index in [1.807, 2.05) is 6.20 Å². The molecule has 1 fully saturated rings. The Labute approximate surface area is 147 Å². The van der Waals surface area contributed by atoms with E-state index in [0.717, 1.165) is 24.5 Å². The number of hydrogen-bond donors (Lipinski definition) is 2. The lowest BCUT2D eigenvalue weighted by atomic mass is 10.2. The number of rotatable bonds is 8. The zero-order valence-corrected chi connectivity index (χ0v) is 14.2. The normalized spacial score (nSPS) is 15.4. The van der Waals surface area contributed by atoms with E-state index < -0.39 is 6.10 Å². The van der Waals surface area contributed by atoms with Crippen molar-refractivity contribution in [3.05, 3.63) is 54.0 Å². The third kappa shape index (κ3) is 5.41. The average molecular weight is 345 g/mol. The molecule has 0 saturated carbocycles. The van der Waals surface area contributed by atoms with E-state index in [4.69, 9.17) is 4.74 Å². The van der Waals surface area contributed by atoms with Crippen LogP contribution in [0.25, 0.3) is 0 Å². The van der Waals surface area contributed by atoms with Crippen LogP contribution < -0.4 is 15.0 Å². The number of nitrogens with zero attached hydrogens (tertiary/aromatic N) is 2. The maximum atomic E-state index is 12.8. The van der Waals surface area contributed by atoms with Crippen molar-refractivity contribution in [3.63, 3.8) is 0 Å². The van der Waals surface area contributed by atoms with Gasteiger partial charge in [0.2, 0.25) is 0 Å². The summed E-state index contributed by atoms with van der Waals surface area (Å²) in [6.07, 6.45) is 3.72. The topological polar surface area (TPSA) is 57.6 Å². The molecule has 25 heavy (non-hydrogen) atoms. The van der Waals surface area contributed by atoms with Gasteiger partial charge >= 0.3 is 0 Å². The molecule has 2 heterocycles. The molecular weight excluding hydrogens is 321 g/mol. The van der Waals surface area contributed by atoms with Crippen molar-refractivity contribution in [2.24, 2.45) is 0 Å². The van der Waals surface area contributed by atoms with Gasteiger partial charge in [0.25, 0.3) is 0 Å². The van der Waals surface area contributed by atoms with Gasteiger partial charge in [-0.1, -0.05) is 6.07 Å². The SMILES string of the molecule is OC(CNCc1ccc(N2CCCC2)nc1)COc1ccc(F)cc1. The van der Waals surface area contributed by atoms with Gasteiger partial charge in [0.05, 0.1) is 0 Å². The van der Waals surface area contributed by atoms with Gasteiger partial charge in [0.1, 0.15) is 30.1 Å². The highest BCUT2D eigenvalue weighted by Crippen LogP contribution is 2.17. The number of aliphatic hydroxyl groups is 1. The predicted molar refractivity (Wildman–Crippen MR) is 95.3 cm³/mol. The number of hydrogen-bond acceptors (Lipinski definition) is 5. The molecule has 0 spiro atoms. The predicted octanol–water partition coefficient (Wildman–Crippen LogP) is 2.35. The number of ether oxygens (including phenoxy) is 1. The summed E-state index contributed by atoms with van der Waals surface area (Å²) in [7, 11) is 0. The van der Waals surface area contributed by atoms with Gasteiger partial charge in [-0.25, -0.2) is 9.37 Å². The molecule has 6 heteroatoms. The standard InChI is InChI=1S/C19H24FN3O2/c20-16-4-6-18(7-5-16)25-14-17(24)13-21-11-15-3-8-19(22-12-15)23-9-1-2-10-23/h3-8,12,17,21,24H,1-2,9-11,13-14H2. The first-order valence-corrected chi connectivity index (χ1v) is 8.68. The molecule has 1 unspecified atom stereocenters. The summed E-state index contributed by atoms with van der Waals surface area (Å²) in [4.78, 5) is 6.81. The minimum Gasteiger partial charge on any atom is -0.491 e. The number of halogens is 1. The minimum absolute atomic E-state index is 0.158. The lowest BCUT2D eigenvalue weighted by molar-refractivity contribution is 0.106. The Morgan fingerprint density at radius 3 is 2.60 bits per heavy atom. The molecule has 1 saturated heterocycles. The molecule has 2 N–H and O–H groups in total. The lowest BCUT2D eigenvalue weighted by Crippen LogP contribution is -2.31. The molecular formula is C19H24FN3O2. The van der Waals surface area contributed by atoms with E-state index >= 15 is 0 Å². The Morgan fingerprint density at radius 1 is 1.16 bits per heavy atom. The van der Waals surface area contributed by atoms with Crippen LogP contribution in [0.4, 0.5) is 10.2 Å². The van der Waals surface area contributed by atoms with Crippen LogP contribution in [0.3, 0.4) is 0 Å². The van der Waals surface area contributed by atoms with Gasteiger partial charge in [-0.3, -0.25) is 0 Å². The summed E-state index contributed by atoms with van der Waals surface area (Å²) in [5.74, 6) is 1.27. The van der Waals surface area contributed by atoms with Gasteiger partial charge in [-0.2, -0.15) is 0 Å². The molecule has 134 valence electrons. The Kier molecular flexibility index (Phi) is 6.19. The van der Waals surface area contributed by atoms with Crippen molar-refractivity contribution in [3.8, 4) is 5.75 Å². The highest BCUT2D eigenvalue weighted by atomic mass is 19.1. The molecule has 0 radical (unpaired) electrons. The molecule has 2 aromatic rings. The van der Waals surface area contributed by atoms with Crippen LogP contribution in [0.1, 0.15) is 18.4 Å². The first-order chi connectivity index (χ1) is 12.2. The Hall–Kier alpha value is -2.18. The average Bonchev–Trinajstić information content (AvgIpc) is 3.16. The molecule has 1 aliphatic heterocycles. The van der Waals surface area contributed by atoms with Gasteiger partial charge in [-0.15, -0.1) is 0 Å². The second-order valence-electron chi connectivity index (χ2n) is 6.27. The zero-order chi connectivity index (χ0) is 17.5. The smallest absolute Gasteiger partial charge is 0.128 e. The summed E-state index contributed by atoms with van der Waals surface area (Å²) >= 11 is 0. The van der Waals surface area contributed by atoms with Crippen LogP contribution in [0, 0.1) is 5.82 Å². The lowest BCUT2D eigenvalue weighted by Gasteiger charge is -2.16. The monoisotopic (exact) mass is 345 g/mol. The summed E-state index contributed by atoms with van der Waals surface area (Å²) in [5, 5.41) is 13.1. The molecule has 1 aromatic carbocycles. The van der Waals surface area contributed by atoms with Crippen molar-refractivity contribution in [1.29, 1.82) is 0 Å². The van der Waals surface area contributed by atoms with E-state index in [0.29, 0.717) is 18.8 Å². The van der Waals surface area contributed by atoms with Crippen LogP contribution >= 0.6 is 0 Å². The number of aliphatic hydroxyl groups excluding tert-OH is 1. The number of anilines is 1. The van der Waals surface area contributed by atoms with Gasteiger partial charge < -0.3 is 20.1 Å². The first-order valence-electron chi connectivity index (χ1n) is 8.68. The molecule has 1 aliphatic rings. The Balaban J connectivity index is 1.36. The minimum atomic E-state index is -0.637. The highest BCUT2D eigenvalue weighted by Gasteiger charge is 2.13. The molecule has 0 bridgehead atoms. The van der Waals surface area contributed by atoms with Crippen LogP contribution in [-0.2, 0) is 6.54 Å². The van der Waals surface area contributed by atoms with Crippen LogP contribution in [-0.4, -0.2) is 42.4 Å². The first kappa shape index (κ1) is 17.6. The summed E-state index contributed by atoms with van der Waals surface area (Å²) in [6, 6.07) is 9.87. The van der Waals surface area contributed by atoms with E-state index in [2.05, 4.69) is 27.3 Å². The van der Waals surface area contributed by atoms with E-state index in [1.54, 1.807) is 12.1 Å². The summed E-state index contributed by atoms with van der Waals surface area (Å²) < 4.78 is 18.2. The molecule has 1 atom stereocenters. The summed E-state index contributed by atoms with van der Waals surface area (Å²) in [5.41, 5.74) is 1.08. The maximum Gasteiger partial charge on any atom is 0.128 e. The van der Waals surface area contributed by atoms with Crippen molar-refractivity contribution >= 4 is 5.82 Å². The third-order valence-electron chi connectivity index (χ3n) is 4.20. The Morgan fingerprint density at radius 2 is 1.92 bits per heavy atom. The van der Waals surface area contributed by atoms with E-state index in [-0.39, 0.29) is 12.4 Å². The van der Waals surface area contributed by atoms with E-state index in [9.17, 15) is 9.50 Å². The van der Waals surface area contributed by atoms with Crippen LogP contribution in [0.15, 0.2) is 42.6 Å². The van der Waals surface area contributed by atoms with Gasteiger partial charge in [-0.05, 0) is 48.7 Å². The fraction of sp³-hybridized carbons (Fsp3) is 0.421. The highest BCUT2D eigenvalue weighted by molar-refractivity contribution is 5.40. The van der Waals surface area contributed by atoms with Crippen molar-refractivity contribution in [1.82, 2.24) is 10.3 Å². The fourth-order valence-electron chi connectivity index (χ4n) is 2.82. The van der Waals surface area contributed by atoms with Gasteiger partial charge in [0.15, 0.2) is 0 Å². The van der Waals surface area contributed by atoms with Gasteiger partial charge in [0, 0.05) is 32.4 Å². The number of aromatic nitrogens is 1. The summed E-state index contributed by atoms with van der Waals surface area (Å²) in [6.45, 7) is 3.39. The van der Waals surface area contributed by atoms with E-state index in [1.165, 1.54) is 25.0 Å². The van der Waals surface area contributed by atoms with Crippen LogP contribution in [0.2, 0.25) is 0 Å². The number of benzene rings is 1. The molecule has 5 nitrogen and oxygen atoms in total. The van der Waals surface area contributed by atoms with Crippen LogP contribution in [0.5, 0.6) is 5.75 Å². The zero-order valence-electron chi connectivity index (χ0n) is 14.2.